The van der Waals surface area contributed by atoms with E-state index in [2.05, 4.69) is 162 Å². The summed E-state index contributed by atoms with van der Waals surface area (Å²) in [7, 11) is 0. The standard InChI is InChI=1S/C59H38N4OS/c1-3-14-35(15-4-1)57-60-58(38-28-29-44-43-19-8-10-26-52(43)64-53(44)34-38)62-59(61-57)63-51-25-9-7-18-42(51)46-22-13-23-47(55(46)63)50-32-39(31-40-33-49(40)50)36-16-11-17-37(30-36)41-21-12-24-48-45-20-5-2-6-27-54(45)65-56(41)48/h1,3-32,34,40,49H,2,33H2. The Morgan fingerprint density at radius 2 is 1.28 bits per heavy atom. The predicted octanol–water partition coefficient (Wildman–Crippen LogP) is 15.6. The molecule has 11 aromatic rings. The van der Waals surface area contributed by atoms with Crippen molar-refractivity contribution >= 4 is 88.5 Å². The van der Waals surface area contributed by atoms with Crippen molar-refractivity contribution in [3.8, 4) is 39.9 Å². The van der Waals surface area contributed by atoms with Gasteiger partial charge in [-0.1, -0.05) is 158 Å². The number of thiophene rings is 1. The molecule has 0 N–H and O–H groups in total. The molecule has 14 rings (SSSR count). The smallest absolute Gasteiger partial charge is 0.238 e. The number of para-hydroxylation sites is 3. The van der Waals surface area contributed by atoms with E-state index in [4.69, 9.17) is 19.4 Å². The summed E-state index contributed by atoms with van der Waals surface area (Å²) in [5, 5.41) is 5.82. The van der Waals surface area contributed by atoms with Gasteiger partial charge in [-0.3, -0.25) is 4.57 Å². The monoisotopic (exact) mass is 850 g/mol. The van der Waals surface area contributed by atoms with E-state index in [1.54, 1.807) is 0 Å². The number of hydrogen-bond acceptors (Lipinski definition) is 5. The van der Waals surface area contributed by atoms with Crippen LogP contribution in [0.2, 0.25) is 0 Å². The third kappa shape index (κ3) is 5.87. The van der Waals surface area contributed by atoms with E-state index in [9.17, 15) is 0 Å². The van der Waals surface area contributed by atoms with Crippen LogP contribution in [0.5, 0.6) is 0 Å². The second-order valence-electron chi connectivity index (χ2n) is 17.4. The van der Waals surface area contributed by atoms with Gasteiger partial charge in [0.25, 0.3) is 0 Å². The molecule has 0 amide bonds. The summed E-state index contributed by atoms with van der Waals surface area (Å²) < 4.78 is 9.98. The highest BCUT2D eigenvalue weighted by atomic mass is 32.1. The van der Waals surface area contributed by atoms with Gasteiger partial charge in [0.15, 0.2) is 11.6 Å². The lowest BCUT2D eigenvalue weighted by Gasteiger charge is -2.18. The van der Waals surface area contributed by atoms with Crippen LogP contribution in [0.3, 0.4) is 0 Å². The third-order valence-corrected chi connectivity index (χ3v) is 14.8. The molecule has 306 valence electrons. The number of fused-ring (bicyclic) bond motifs is 10. The summed E-state index contributed by atoms with van der Waals surface area (Å²) >= 11 is 1.90. The zero-order chi connectivity index (χ0) is 42.6. The van der Waals surface area contributed by atoms with Gasteiger partial charge in [0, 0.05) is 58.8 Å². The lowest BCUT2D eigenvalue weighted by molar-refractivity contribution is 0.669. The maximum atomic E-state index is 6.36. The van der Waals surface area contributed by atoms with Crippen molar-refractivity contribution in [2.45, 2.75) is 12.8 Å². The van der Waals surface area contributed by atoms with Gasteiger partial charge < -0.3 is 4.42 Å². The molecule has 4 heterocycles. The van der Waals surface area contributed by atoms with Gasteiger partial charge in [-0.25, -0.2) is 4.98 Å². The molecule has 1 fully saturated rings. The Morgan fingerprint density at radius 3 is 2.20 bits per heavy atom. The molecule has 6 heteroatoms. The Hall–Kier alpha value is -7.93. The van der Waals surface area contributed by atoms with Gasteiger partial charge in [0.2, 0.25) is 5.95 Å². The first kappa shape index (κ1) is 36.5. The van der Waals surface area contributed by atoms with E-state index in [1.165, 1.54) is 59.3 Å². The Morgan fingerprint density at radius 1 is 0.554 bits per heavy atom. The van der Waals surface area contributed by atoms with Crippen molar-refractivity contribution in [3.63, 3.8) is 0 Å². The average molecular weight is 851 g/mol. The van der Waals surface area contributed by atoms with Crippen LogP contribution in [0.15, 0.2) is 186 Å². The average Bonchev–Trinajstić information content (AvgIpc) is 3.88. The Balaban J connectivity index is 0.934. The number of benzene rings is 7. The van der Waals surface area contributed by atoms with Crippen molar-refractivity contribution < 1.29 is 4.42 Å². The van der Waals surface area contributed by atoms with Crippen LogP contribution < -0.4 is 0 Å². The van der Waals surface area contributed by atoms with Crippen LogP contribution in [-0.4, -0.2) is 19.5 Å². The number of nitrogens with zero attached hydrogens (tertiary/aromatic N) is 4. The molecule has 4 aromatic heterocycles. The second-order valence-corrected chi connectivity index (χ2v) is 18.5. The molecule has 1 saturated carbocycles. The molecule has 2 unspecified atom stereocenters. The van der Waals surface area contributed by atoms with Gasteiger partial charge in [0.1, 0.15) is 11.2 Å². The van der Waals surface area contributed by atoms with Crippen molar-refractivity contribution in [3.05, 3.63) is 204 Å². The number of furan rings is 1. The first-order chi connectivity index (χ1) is 32.2. The molecule has 2 atom stereocenters. The second kappa shape index (κ2) is 14.3. The predicted molar refractivity (Wildman–Crippen MR) is 270 cm³/mol. The summed E-state index contributed by atoms with van der Waals surface area (Å²) in [5.41, 5.74) is 14.6. The minimum Gasteiger partial charge on any atom is -0.456 e. The van der Waals surface area contributed by atoms with Crippen LogP contribution in [-0.2, 0) is 0 Å². The molecule has 3 aliphatic rings. The van der Waals surface area contributed by atoms with Crippen LogP contribution in [0, 0.1) is 11.8 Å². The molecule has 3 aliphatic carbocycles. The van der Waals surface area contributed by atoms with Gasteiger partial charge in [-0.2, -0.15) is 9.97 Å². The van der Waals surface area contributed by atoms with Gasteiger partial charge >= 0.3 is 0 Å². The van der Waals surface area contributed by atoms with Crippen LogP contribution in [0.1, 0.15) is 34.4 Å². The molecular formula is C59H38N4OS. The fourth-order valence-corrected chi connectivity index (χ4v) is 11.6. The van der Waals surface area contributed by atoms with Crippen LogP contribution >= 0.6 is 11.3 Å². The Bertz CT molecular complexity index is 3920. The fraction of sp³-hybridized carbons (Fsp3) is 0.0678. The fourth-order valence-electron chi connectivity index (χ4n) is 10.4. The van der Waals surface area contributed by atoms with E-state index < -0.39 is 0 Å². The van der Waals surface area contributed by atoms with Gasteiger partial charge in [-0.05, 0) is 88.9 Å². The number of rotatable bonds is 6. The highest BCUT2D eigenvalue weighted by Gasteiger charge is 2.42. The van der Waals surface area contributed by atoms with Crippen LogP contribution in [0.4, 0.5) is 0 Å². The van der Waals surface area contributed by atoms with Gasteiger partial charge in [0.05, 0.1) is 11.0 Å². The molecule has 0 spiro atoms. The maximum Gasteiger partial charge on any atom is 0.238 e. The largest absolute Gasteiger partial charge is 0.456 e. The summed E-state index contributed by atoms with van der Waals surface area (Å²) in [4.78, 5) is 17.1. The number of hydrogen-bond donors (Lipinski definition) is 0. The molecule has 7 aromatic carbocycles. The SMILES string of the molecule is C1=Cc2sc3c(-c4cccc(C5=CC6CC6C(c6cccc7c8ccccc8n(-c8nc(-c9ccccc9)nc(-c9ccc%10c(c9)oc9ccccc9%10)n8)c67)=C5)c4)cccc3c2C=CC1. The van der Waals surface area contributed by atoms with Crippen LogP contribution in [0.25, 0.3) is 117 Å². The normalized spacial score (nSPS) is 16.6. The molecule has 65 heavy (non-hydrogen) atoms. The van der Waals surface area contributed by atoms with Crippen molar-refractivity contribution in [2.24, 2.45) is 11.8 Å². The van der Waals surface area contributed by atoms with E-state index >= 15 is 0 Å². The van der Waals surface area contributed by atoms with E-state index in [1.807, 2.05) is 47.7 Å². The van der Waals surface area contributed by atoms with Gasteiger partial charge in [-0.15, -0.1) is 11.3 Å². The lowest BCUT2D eigenvalue weighted by Crippen LogP contribution is -2.08. The molecule has 0 bridgehead atoms. The quantitative estimate of drug-likeness (QED) is 0.167. The summed E-state index contributed by atoms with van der Waals surface area (Å²) in [6.07, 6.45) is 16.2. The molecular weight excluding hydrogens is 813 g/mol. The molecule has 0 radical (unpaired) electrons. The maximum absolute atomic E-state index is 6.36. The summed E-state index contributed by atoms with van der Waals surface area (Å²) in [6, 6.07) is 56.0. The number of allylic oxidation sites excluding steroid dienone is 6. The topological polar surface area (TPSA) is 56.7 Å². The minimum absolute atomic E-state index is 0.444. The third-order valence-electron chi connectivity index (χ3n) is 13.6. The Labute approximate surface area is 378 Å². The minimum atomic E-state index is 0.444. The first-order valence-corrected chi connectivity index (χ1v) is 23.2. The van der Waals surface area contributed by atoms with Crippen molar-refractivity contribution in [1.82, 2.24) is 19.5 Å². The van der Waals surface area contributed by atoms with Crippen molar-refractivity contribution in [1.29, 1.82) is 0 Å². The van der Waals surface area contributed by atoms with E-state index in [0.717, 1.165) is 62.3 Å². The molecule has 0 saturated heterocycles. The zero-order valence-electron chi connectivity index (χ0n) is 35.1. The van der Waals surface area contributed by atoms with E-state index in [-0.39, 0.29) is 0 Å². The molecule has 0 aliphatic heterocycles. The Kier molecular flexibility index (Phi) is 8.04. The zero-order valence-corrected chi connectivity index (χ0v) is 36.0. The summed E-state index contributed by atoms with van der Waals surface area (Å²) in [5.74, 6) is 2.71. The highest BCUT2D eigenvalue weighted by molar-refractivity contribution is 7.20. The van der Waals surface area contributed by atoms with Crippen molar-refractivity contribution in [2.75, 3.05) is 0 Å². The van der Waals surface area contributed by atoms with E-state index in [0.29, 0.717) is 29.4 Å². The highest BCUT2D eigenvalue weighted by Crippen LogP contribution is 2.55. The molecule has 5 nitrogen and oxygen atoms in total. The first-order valence-electron chi connectivity index (χ1n) is 22.4. The lowest BCUT2D eigenvalue weighted by atomic mass is 9.88. The summed E-state index contributed by atoms with van der Waals surface area (Å²) in [6.45, 7) is 0. The number of aromatic nitrogens is 4.